The van der Waals surface area contributed by atoms with Gasteiger partial charge < -0.3 is 25.2 Å². The van der Waals surface area contributed by atoms with Crippen LogP contribution in [-0.4, -0.2) is 69.7 Å². The van der Waals surface area contributed by atoms with E-state index in [1.165, 1.54) is 0 Å². The summed E-state index contributed by atoms with van der Waals surface area (Å²) in [6.07, 6.45) is 5.32. The molecule has 1 aliphatic heterocycles. The van der Waals surface area contributed by atoms with E-state index in [9.17, 15) is 9.90 Å². The number of ether oxygens (including phenoxy) is 2. The minimum absolute atomic E-state index is 0.0651. The van der Waals surface area contributed by atoms with Crippen molar-refractivity contribution in [2.45, 2.75) is 38.1 Å². The third-order valence-corrected chi connectivity index (χ3v) is 6.25. The number of aromatic nitrogens is 3. The maximum absolute atomic E-state index is 12.8. The van der Waals surface area contributed by atoms with Crippen LogP contribution in [0, 0.1) is 0 Å². The highest BCUT2D eigenvalue weighted by Crippen LogP contribution is 2.33. The van der Waals surface area contributed by atoms with E-state index in [0.717, 1.165) is 22.4 Å². The van der Waals surface area contributed by atoms with Crippen molar-refractivity contribution < 1.29 is 19.4 Å². The molecular weight excluding hydrogens is 458 g/mol. The summed E-state index contributed by atoms with van der Waals surface area (Å²) in [5, 5.41) is 14.4. The summed E-state index contributed by atoms with van der Waals surface area (Å²) in [7, 11) is 3.21. The Balaban J connectivity index is 1.58. The highest BCUT2D eigenvalue weighted by molar-refractivity contribution is 5.95. The first kappa shape index (κ1) is 25.6. The van der Waals surface area contributed by atoms with Crippen LogP contribution in [0.4, 0.5) is 0 Å². The predicted octanol–water partition coefficient (Wildman–Crippen LogP) is 2.89. The maximum atomic E-state index is 12.8. The molecule has 1 amide bonds. The molecule has 0 bridgehead atoms. The van der Waals surface area contributed by atoms with Gasteiger partial charge in [-0.3, -0.25) is 9.48 Å². The topological polar surface area (TPSA) is 116 Å². The number of carbonyl (C=O) groups is 1. The van der Waals surface area contributed by atoms with Crippen molar-refractivity contribution in [1.29, 1.82) is 0 Å². The quantitative estimate of drug-likeness (QED) is 0.473. The number of pyridine rings is 1. The molecule has 1 saturated heterocycles. The van der Waals surface area contributed by atoms with Gasteiger partial charge in [-0.25, -0.2) is 4.98 Å². The Morgan fingerprint density at radius 2 is 2.00 bits per heavy atom. The van der Waals surface area contributed by atoms with Crippen LogP contribution in [0.2, 0.25) is 0 Å². The van der Waals surface area contributed by atoms with Crippen LogP contribution in [0.15, 0.2) is 49.3 Å². The third-order valence-electron chi connectivity index (χ3n) is 6.25. The molecule has 0 radical (unpaired) electrons. The zero-order chi connectivity index (χ0) is 26.0. The smallest absolute Gasteiger partial charge is 0.254 e. The van der Waals surface area contributed by atoms with E-state index in [1.807, 2.05) is 24.4 Å². The summed E-state index contributed by atoms with van der Waals surface area (Å²) >= 11 is 0. The molecule has 1 atom stereocenters. The Bertz CT molecular complexity index is 1260. The summed E-state index contributed by atoms with van der Waals surface area (Å²) in [5.41, 5.74) is 10.0. The Hall–Kier alpha value is -3.53. The molecule has 0 spiro atoms. The van der Waals surface area contributed by atoms with Crippen LogP contribution >= 0.6 is 0 Å². The van der Waals surface area contributed by atoms with Crippen molar-refractivity contribution in [1.82, 2.24) is 19.7 Å². The molecule has 0 aliphatic carbocycles. The van der Waals surface area contributed by atoms with Crippen LogP contribution in [0.25, 0.3) is 17.3 Å². The van der Waals surface area contributed by atoms with Gasteiger partial charge in [-0.15, -0.1) is 0 Å². The minimum Gasteiger partial charge on any atom is -0.496 e. The summed E-state index contributed by atoms with van der Waals surface area (Å²) < 4.78 is 12.6. The van der Waals surface area contributed by atoms with Crippen LogP contribution in [0.5, 0.6) is 5.75 Å². The SMILES string of the molecule is C=Cc1nc(-c2cnn(CC(C)(C)O)c2)ccc1C(N)c1ccc(C(=O)N2CC(OC)C2)cc1OC. The number of nitrogens with zero attached hydrogens (tertiary/aromatic N) is 4. The molecule has 3 N–H and O–H groups in total. The molecule has 4 rings (SSSR count). The molecule has 3 aromatic rings. The predicted molar refractivity (Wildman–Crippen MR) is 138 cm³/mol. The van der Waals surface area contributed by atoms with Gasteiger partial charge in [0.15, 0.2) is 0 Å². The highest BCUT2D eigenvalue weighted by atomic mass is 16.5. The van der Waals surface area contributed by atoms with Gasteiger partial charge in [-0.2, -0.15) is 5.10 Å². The molecular formula is C27H33N5O4. The zero-order valence-corrected chi connectivity index (χ0v) is 21.1. The molecule has 9 heteroatoms. The second-order valence-electron chi connectivity index (χ2n) is 9.62. The second kappa shape index (κ2) is 10.2. The first-order valence-corrected chi connectivity index (χ1v) is 11.8. The molecule has 1 unspecified atom stereocenters. The van der Waals surface area contributed by atoms with Crippen molar-refractivity contribution >= 4 is 12.0 Å². The fourth-order valence-corrected chi connectivity index (χ4v) is 4.26. The van der Waals surface area contributed by atoms with E-state index >= 15 is 0 Å². The molecule has 3 heterocycles. The molecule has 2 aromatic heterocycles. The summed E-state index contributed by atoms with van der Waals surface area (Å²) in [4.78, 5) is 19.3. The summed E-state index contributed by atoms with van der Waals surface area (Å²) in [6.45, 7) is 8.91. The number of likely N-dealkylation sites (tertiary alicyclic amines) is 1. The summed E-state index contributed by atoms with van der Waals surface area (Å²) in [5.74, 6) is 0.466. The number of aliphatic hydroxyl groups is 1. The molecule has 1 aromatic carbocycles. The van der Waals surface area contributed by atoms with Crippen LogP contribution < -0.4 is 10.5 Å². The van der Waals surface area contributed by atoms with Gasteiger partial charge >= 0.3 is 0 Å². The van der Waals surface area contributed by atoms with Crippen molar-refractivity contribution in [2.24, 2.45) is 5.73 Å². The highest BCUT2D eigenvalue weighted by Gasteiger charge is 2.31. The molecule has 1 fully saturated rings. The van der Waals surface area contributed by atoms with Gasteiger partial charge in [0.1, 0.15) is 5.75 Å². The lowest BCUT2D eigenvalue weighted by Crippen LogP contribution is -2.54. The van der Waals surface area contributed by atoms with Crippen molar-refractivity contribution in [3.63, 3.8) is 0 Å². The second-order valence-corrected chi connectivity index (χ2v) is 9.62. The largest absolute Gasteiger partial charge is 0.496 e. The van der Waals surface area contributed by atoms with Gasteiger partial charge in [0.25, 0.3) is 5.91 Å². The average Bonchev–Trinajstić information content (AvgIpc) is 3.28. The van der Waals surface area contributed by atoms with Gasteiger partial charge in [0.2, 0.25) is 0 Å². The summed E-state index contributed by atoms with van der Waals surface area (Å²) in [6, 6.07) is 8.58. The Morgan fingerprint density at radius 3 is 2.64 bits per heavy atom. The van der Waals surface area contributed by atoms with Gasteiger partial charge in [0.05, 0.1) is 49.0 Å². The fraction of sp³-hybridized carbons (Fsp3) is 0.370. The number of benzene rings is 1. The van der Waals surface area contributed by atoms with Gasteiger partial charge in [-0.1, -0.05) is 18.7 Å². The Labute approximate surface area is 211 Å². The molecule has 1 aliphatic rings. The van der Waals surface area contributed by atoms with Crippen molar-refractivity contribution in [3.05, 3.63) is 71.7 Å². The lowest BCUT2D eigenvalue weighted by Gasteiger charge is -2.38. The van der Waals surface area contributed by atoms with Crippen LogP contribution in [0.3, 0.4) is 0 Å². The lowest BCUT2D eigenvalue weighted by molar-refractivity contribution is -0.0192. The fourth-order valence-electron chi connectivity index (χ4n) is 4.26. The van der Waals surface area contributed by atoms with E-state index in [0.29, 0.717) is 36.6 Å². The van der Waals surface area contributed by atoms with E-state index in [2.05, 4.69) is 11.7 Å². The Kier molecular flexibility index (Phi) is 7.26. The van der Waals surface area contributed by atoms with E-state index in [1.54, 1.807) is 62.1 Å². The van der Waals surface area contributed by atoms with E-state index in [4.69, 9.17) is 20.2 Å². The Morgan fingerprint density at radius 1 is 1.28 bits per heavy atom. The van der Waals surface area contributed by atoms with Gasteiger partial charge in [0, 0.05) is 43.1 Å². The molecule has 0 saturated carbocycles. The molecule has 9 nitrogen and oxygen atoms in total. The number of methoxy groups -OCH3 is 2. The number of hydrogen-bond acceptors (Lipinski definition) is 7. The normalized spacial score (nSPS) is 14.9. The number of amides is 1. The van der Waals surface area contributed by atoms with Gasteiger partial charge in [-0.05, 0) is 43.7 Å². The van der Waals surface area contributed by atoms with Crippen molar-refractivity contribution in [3.8, 4) is 17.0 Å². The number of hydrogen-bond donors (Lipinski definition) is 2. The first-order chi connectivity index (χ1) is 17.1. The third kappa shape index (κ3) is 5.33. The lowest BCUT2D eigenvalue weighted by atomic mass is 9.95. The van der Waals surface area contributed by atoms with Crippen LogP contribution in [-0.2, 0) is 11.3 Å². The number of nitrogens with two attached hydrogens (primary N) is 1. The van der Waals surface area contributed by atoms with E-state index < -0.39 is 11.6 Å². The van der Waals surface area contributed by atoms with Crippen LogP contribution in [0.1, 0.15) is 47.1 Å². The molecule has 190 valence electrons. The monoisotopic (exact) mass is 491 g/mol. The molecule has 36 heavy (non-hydrogen) atoms. The first-order valence-electron chi connectivity index (χ1n) is 11.8. The number of carbonyl (C=O) groups excluding carboxylic acids is 1. The minimum atomic E-state index is -0.875. The number of rotatable bonds is 9. The van der Waals surface area contributed by atoms with Crippen molar-refractivity contribution in [2.75, 3.05) is 27.3 Å². The average molecular weight is 492 g/mol. The zero-order valence-electron chi connectivity index (χ0n) is 21.1. The maximum Gasteiger partial charge on any atom is 0.254 e. The van der Waals surface area contributed by atoms with E-state index in [-0.39, 0.29) is 12.0 Å². The standard InChI is InChI=1S/C27H33N5O4/c1-6-22-20(9-10-23(30-22)18-12-29-32(13-18)16-27(2,3)34)25(28)21-8-7-17(11-24(21)36-5)26(33)31-14-19(15-31)35-4/h6-13,19,25,34H,1,14-16,28H2,2-5H3.